The van der Waals surface area contributed by atoms with Crippen LogP contribution in [0.15, 0.2) is 18.2 Å². The molecule has 0 heterocycles. The quantitative estimate of drug-likeness (QED) is 0.875. The average molecular weight is 319 g/mol. The molecular weight excluding hydrogens is 294 g/mol. The van der Waals surface area contributed by atoms with Crippen molar-refractivity contribution in [2.75, 3.05) is 7.11 Å². The van der Waals surface area contributed by atoms with Gasteiger partial charge in [0, 0.05) is 0 Å². The molecule has 126 valence electrons. The van der Waals surface area contributed by atoms with Crippen LogP contribution in [0.2, 0.25) is 0 Å². The SMILES string of the molecule is COc1cc(CC(=O)NC2(C(=O)O)CCC(C)CC2)ccc1C. The van der Waals surface area contributed by atoms with Crippen molar-refractivity contribution in [2.45, 2.75) is 51.5 Å². The number of benzene rings is 1. The Morgan fingerprint density at radius 2 is 2.00 bits per heavy atom. The molecule has 2 rings (SSSR count). The first-order chi connectivity index (χ1) is 10.9. The third kappa shape index (κ3) is 4.03. The fourth-order valence-corrected chi connectivity index (χ4v) is 3.12. The highest BCUT2D eigenvalue weighted by Crippen LogP contribution is 2.32. The minimum Gasteiger partial charge on any atom is -0.496 e. The van der Waals surface area contributed by atoms with Gasteiger partial charge in [-0.25, -0.2) is 4.79 Å². The first-order valence-electron chi connectivity index (χ1n) is 8.04. The summed E-state index contributed by atoms with van der Waals surface area (Å²) in [4.78, 5) is 24.0. The molecule has 0 unspecified atom stereocenters. The number of carbonyl (C=O) groups is 2. The van der Waals surface area contributed by atoms with Gasteiger partial charge in [0.25, 0.3) is 0 Å². The van der Waals surface area contributed by atoms with Crippen molar-refractivity contribution in [2.24, 2.45) is 5.92 Å². The molecule has 2 N–H and O–H groups in total. The summed E-state index contributed by atoms with van der Waals surface area (Å²) in [5.41, 5.74) is 0.702. The first-order valence-corrected chi connectivity index (χ1v) is 8.04. The molecule has 0 aromatic heterocycles. The molecule has 1 fully saturated rings. The van der Waals surface area contributed by atoms with Crippen LogP contribution < -0.4 is 10.1 Å². The molecule has 0 radical (unpaired) electrons. The van der Waals surface area contributed by atoms with Crippen LogP contribution in [0.1, 0.15) is 43.7 Å². The van der Waals surface area contributed by atoms with Gasteiger partial charge in [0.2, 0.25) is 5.91 Å². The van der Waals surface area contributed by atoms with E-state index < -0.39 is 11.5 Å². The lowest BCUT2D eigenvalue weighted by Crippen LogP contribution is -2.56. The zero-order valence-electron chi connectivity index (χ0n) is 14.0. The van der Waals surface area contributed by atoms with Gasteiger partial charge in [-0.05, 0) is 55.7 Å². The molecule has 0 aliphatic heterocycles. The normalized spacial score (nSPS) is 24.0. The van der Waals surface area contributed by atoms with Crippen LogP contribution in [0.3, 0.4) is 0 Å². The van der Waals surface area contributed by atoms with E-state index in [2.05, 4.69) is 12.2 Å². The van der Waals surface area contributed by atoms with Crippen LogP contribution >= 0.6 is 0 Å². The van der Waals surface area contributed by atoms with Crippen molar-refractivity contribution in [3.8, 4) is 5.75 Å². The van der Waals surface area contributed by atoms with Gasteiger partial charge < -0.3 is 15.2 Å². The Bertz CT molecular complexity index is 589. The highest BCUT2D eigenvalue weighted by molar-refractivity contribution is 5.88. The van der Waals surface area contributed by atoms with E-state index in [1.807, 2.05) is 25.1 Å². The largest absolute Gasteiger partial charge is 0.496 e. The number of carbonyl (C=O) groups excluding carboxylic acids is 1. The van der Waals surface area contributed by atoms with E-state index in [1.54, 1.807) is 7.11 Å². The number of carboxylic acids is 1. The van der Waals surface area contributed by atoms with Crippen molar-refractivity contribution in [1.82, 2.24) is 5.32 Å². The molecule has 1 aromatic carbocycles. The van der Waals surface area contributed by atoms with Gasteiger partial charge in [-0.3, -0.25) is 4.79 Å². The lowest BCUT2D eigenvalue weighted by atomic mass is 9.77. The van der Waals surface area contributed by atoms with E-state index in [-0.39, 0.29) is 12.3 Å². The topological polar surface area (TPSA) is 75.6 Å². The average Bonchev–Trinajstić information content (AvgIpc) is 2.51. The summed E-state index contributed by atoms with van der Waals surface area (Å²) in [6.07, 6.45) is 2.79. The Labute approximate surface area is 137 Å². The molecular formula is C18H25NO4. The number of ether oxygens (including phenoxy) is 1. The Kier molecular flexibility index (Phi) is 5.29. The van der Waals surface area contributed by atoms with Crippen molar-refractivity contribution in [1.29, 1.82) is 0 Å². The van der Waals surface area contributed by atoms with Gasteiger partial charge in [0.05, 0.1) is 13.5 Å². The van der Waals surface area contributed by atoms with Crippen LogP contribution in [0, 0.1) is 12.8 Å². The second-order valence-electron chi connectivity index (χ2n) is 6.60. The summed E-state index contributed by atoms with van der Waals surface area (Å²) in [5, 5.41) is 12.3. The summed E-state index contributed by atoms with van der Waals surface area (Å²) >= 11 is 0. The molecule has 23 heavy (non-hydrogen) atoms. The number of aryl methyl sites for hydroxylation is 1. The van der Waals surface area contributed by atoms with Crippen LogP contribution in [0.25, 0.3) is 0 Å². The maximum Gasteiger partial charge on any atom is 0.329 e. The second-order valence-corrected chi connectivity index (χ2v) is 6.60. The minimum atomic E-state index is -1.11. The molecule has 0 atom stereocenters. The van der Waals surface area contributed by atoms with Gasteiger partial charge in [0.1, 0.15) is 11.3 Å². The van der Waals surface area contributed by atoms with Gasteiger partial charge in [0.15, 0.2) is 0 Å². The molecule has 1 saturated carbocycles. The molecule has 5 nitrogen and oxygen atoms in total. The fraction of sp³-hybridized carbons (Fsp3) is 0.556. The molecule has 1 aliphatic carbocycles. The second kappa shape index (κ2) is 7.02. The summed E-state index contributed by atoms with van der Waals surface area (Å²) in [6, 6.07) is 5.59. The Balaban J connectivity index is 2.06. The number of amides is 1. The monoisotopic (exact) mass is 319 g/mol. The third-order valence-corrected chi connectivity index (χ3v) is 4.75. The summed E-state index contributed by atoms with van der Waals surface area (Å²) < 4.78 is 5.26. The van der Waals surface area contributed by atoms with E-state index in [1.165, 1.54) is 0 Å². The predicted octanol–water partition coefficient (Wildman–Crippen LogP) is 2.70. The van der Waals surface area contributed by atoms with Crippen molar-refractivity contribution in [3.63, 3.8) is 0 Å². The lowest BCUT2D eigenvalue weighted by molar-refractivity contribution is -0.149. The summed E-state index contributed by atoms with van der Waals surface area (Å²) in [6.45, 7) is 4.05. The zero-order chi connectivity index (χ0) is 17.0. The van der Waals surface area contributed by atoms with Gasteiger partial charge in [-0.2, -0.15) is 0 Å². The molecule has 0 saturated heterocycles. The van der Waals surface area contributed by atoms with E-state index in [4.69, 9.17) is 4.74 Å². The van der Waals surface area contributed by atoms with Gasteiger partial charge >= 0.3 is 5.97 Å². The smallest absolute Gasteiger partial charge is 0.329 e. The van der Waals surface area contributed by atoms with E-state index in [0.717, 1.165) is 29.7 Å². The van der Waals surface area contributed by atoms with Crippen molar-refractivity contribution >= 4 is 11.9 Å². The number of nitrogens with one attached hydrogen (secondary N) is 1. The maximum atomic E-state index is 12.3. The zero-order valence-corrected chi connectivity index (χ0v) is 14.0. The third-order valence-electron chi connectivity index (χ3n) is 4.75. The van der Waals surface area contributed by atoms with E-state index in [9.17, 15) is 14.7 Å². The Morgan fingerprint density at radius 1 is 1.35 bits per heavy atom. The molecule has 0 bridgehead atoms. The Hall–Kier alpha value is -2.04. The minimum absolute atomic E-state index is 0.154. The van der Waals surface area contributed by atoms with Crippen molar-refractivity contribution < 1.29 is 19.4 Å². The standard InChI is InChI=1S/C18H25NO4/c1-12-6-8-18(9-7-12,17(21)22)19-16(20)11-14-5-4-13(2)15(10-14)23-3/h4-5,10,12H,6-9,11H2,1-3H3,(H,19,20)(H,21,22). The van der Waals surface area contributed by atoms with Crippen LogP contribution in [-0.4, -0.2) is 29.6 Å². The highest BCUT2D eigenvalue weighted by Gasteiger charge is 2.42. The van der Waals surface area contributed by atoms with Gasteiger partial charge in [-0.15, -0.1) is 0 Å². The van der Waals surface area contributed by atoms with Crippen LogP contribution in [0.4, 0.5) is 0 Å². The first kappa shape index (κ1) is 17.3. The van der Waals surface area contributed by atoms with E-state index in [0.29, 0.717) is 18.8 Å². The number of carboxylic acid groups (broad SMARTS) is 1. The highest BCUT2D eigenvalue weighted by atomic mass is 16.5. The van der Waals surface area contributed by atoms with E-state index >= 15 is 0 Å². The lowest BCUT2D eigenvalue weighted by Gasteiger charge is -2.36. The fourth-order valence-electron chi connectivity index (χ4n) is 3.12. The number of aliphatic carboxylic acids is 1. The molecule has 5 heteroatoms. The van der Waals surface area contributed by atoms with Gasteiger partial charge in [-0.1, -0.05) is 19.1 Å². The molecule has 1 aromatic rings. The summed E-state index contributed by atoms with van der Waals surface area (Å²) in [7, 11) is 1.59. The molecule has 1 aliphatic rings. The Morgan fingerprint density at radius 3 is 2.57 bits per heavy atom. The van der Waals surface area contributed by atoms with Crippen LogP contribution in [-0.2, 0) is 16.0 Å². The van der Waals surface area contributed by atoms with Crippen LogP contribution in [0.5, 0.6) is 5.75 Å². The number of rotatable bonds is 5. The van der Waals surface area contributed by atoms with Crippen molar-refractivity contribution in [3.05, 3.63) is 29.3 Å². The summed E-state index contributed by atoms with van der Waals surface area (Å²) in [5.74, 6) is 0.0579. The number of hydrogen-bond acceptors (Lipinski definition) is 3. The molecule has 1 amide bonds. The number of hydrogen-bond donors (Lipinski definition) is 2. The number of methoxy groups -OCH3 is 1. The molecule has 0 spiro atoms. The maximum absolute atomic E-state index is 12.3. The predicted molar refractivity (Wildman–Crippen MR) is 87.6 cm³/mol.